The van der Waals surface area contributed by atoms with Crippen molar-refractivity contribution in [3.8, 4) is 11.5 Å². The van der Waals surface area contributed by atoms with E-state index in [4.69, 9.17) is 15.2 Å². The fraction of sp³-hybridized carbons (Fsp3) is 0.294. The van der Waals surface area contributed by atoms with E-state index in [1.54, 1.807) is 7.11 Å². The standard InChI is InChI=1S/C17H21NO2/c1-12-4-6-14(7-5-12)17(18)13(2)20-16-10-8-15(19-3)9-11-16/h4-11,13,17H,18H2,1-3H3. The third kappa shape index (κ3) is 3.52. The molecule has 0 amide bonds. The van der Waals surface area contributed by atoms with Gasteiger partial charge in [0.25, 0.3) is 0 Å². The molecule has 2 aromatic carbocycles. The van der Waals surface area contributed by atoms with E-state index in [0.29, 0.717) is 0 Å². The second-order valence-electron chi connectivity index (χ2n) is 4.93. The molecule has 20 heavy (non-hydrogen) atoms. The van der Waals surface area contributed by atoms with Crippen molar-refractivity contribution in [2.75, 3.05) is 7.11 Å². The van der Waals surface area contributed by atoms with Crippen LogP contribution in [0.3, 0.4) is 0 Å². The highest BCUT2D eigenvalue weighted by Gasteiger charge is 2.16. The predicted octanol–water partition coefficient (Wildman–Crippen LogP) is 3.47. The maximum absolute atomic E-state index is 6.24. The van der Waals surface area contributed by atoms with Crippen LogP contribution in [0.25, 0.3) is 0 Å². The smallest absolute Gasteiger partial charge is 0.120 e. The third-order valence-corrected chi connectivity index (χ3v) is 3.35. The molecule has 0 aliphatic heterocycles. The van der Waals surface area contributed by atoms with Gasteiger partial charge in [0.05, 0.1) is 13.2 Å². The van der Waals surface area contributed by atoms with Crippen LogP contribution in [0, 0.1) is 6.92 Å². The van der Waals surface area contributed by atoms with Gasteiger partial charge in [-0.1, -0.05) is 29.8 Å². The van der Waals surface area contributed by atoms with Gasteiger partial charge in [-0.05, 0) is 43.7 Å². The molecule has 0 radical (unpaired) electrons. The summed E-state index contributed by atoms with van der Waals surface area (Å²) in [7, 11) is 1.64. The number of rotatable bonds is 5. The van der Waals surface area contributed by atoms with Crippen molar-refractivity contribution in [3.63, 3.8) is 0 Å². The number of benzene rings is 2. The fourth-order valence-corrected chi connectivity index (χ4v) is 2.00. The van der Waals surface area contributed by atoms with Gasteiger partial charge in [-0.25, -0.2) is 0 Å². The second-order valence-corrected chi connectivity index (χ2v) is 4.93. The van der Waals surface area contributed by atoms with Gasteiger partial charge in [-0.2, -0.15) is 0 Å². The molecular formula is C17H21NO2. The quantitative estimate of drug-likeness (QED) is 0.905. The van der Waals surface area contributed by atoms with E-state index in [2.05, 4.69) is 19.1 Å². The normalized spacial score (nSPS) is 13.6. The molecule has 2 rings (SSSR count). The van der Waals surface area contributed by atoms with Crippen LogP contribution in [0.5, 0.6) is 11.5 Å². The van der Waals surface area contributed by atoms with Gasteiger partial charge in [0, 0.05) is 0 Å². The van der Waals surface area contributed by atoms with Crippen LogP contribution in [0.2, 0.25) is 0 Å². The Bertz CT molecular complexity index is 534. The van der Waals surface area contributed by atoms with Gasteiger partial charge in [-0.15, -0.1) is 0 Å². The van der Waals surface area contributed by atoms with Crippen LogP contribution in [0.4, 0.5) is 0 Å². The monoisotopic (exact) mass is 271 g/mol. The highest BCUT2D eigenvalue weighted by molar-refractivity contribution is 5.31. The summed E-state index contributed by atoms with van der Waals surface area (Å²) in [6, 6.07) is 15.6. The topological polar surface area (TPSA) is 44.5 Å². The van der Waals surface area contributed by atoms with Gasteiger partial charge >= 0.3 is 0 Å². The van der Waals surface area contributed by atoms with Crippen LogP contribution < -0.4 is 15.2 Å². The molecule has 3 nitrogen and oxygen atoms in total. The lowest BCUT2D eigenvalue weighted by Crippen LogP contribution is -2.28. The zero-order chi connectivity index (χ0) is 14.5. The molecular weight excluding hydrogens is 250 g/mol. The number of hydrogen-bond acceptors (Lipinski definition) is 3. The van der Waals surface area contributed by atoms with Crippen molar-refractivity contribution < 1.29 is 9.47 Å². The van der Waals surface area contributed by atoms with Gasteiger partial charge in [-0.3, -0.25) is 0 Å². The lowest BCUT2D eigenvalue weighted by molar-refractivity contribution is 0.190. The first-order chi connectivity index (χ1) is 9.60. The van der Waals surface area contributed by atoms with Crippen LogP contribution >= 0.6 is 0 Å². The summed E-state index contributed by atoms with van der Waals surface area (Å²) < 4.78 is 11.0. The lowest BCUT2D eigenvalue weighted by atomic mass is 10.0. The fourth-order valence-electron chi connectivity index (χ4n) is 2.00. The van der Waals surface area contributed by atoms with Crippen LogP contribution in [0.1, 0.15) is 24.1 Å². The van der Waals surface area contributed by atoms with Crippen LogP contribution in [0.15, 0.2) is 48.5 Å². The van der Waals surface area contributed by atoms with Crippen molar-refractivity contribution in [2.24, 2.45) is 5.73 Å². The minimum absolute atomic E-state index is 0.105. The molecule has 2 unspecified atom stereocenters. The number of hydrogen-bond donors (Lipinski definition) is 1. The summed E-state index contributed by atoms with van der Waals surface area (Å²) in [4.78, 5) is 0. The Labute approximate surface area is 120 Å². The highest BCUT2D eigenvalue weighted by atomic mass is 16.5. The molecule has 0 aliphatic carbocycles. The lowest BCUT2D eigenvalue weighted by Gasteiger charge is -2.22. The summed E-state index contributed by atoms with van der Waals surface area (Å²) in [5, 5.41) is 0. The van der Waals surface area contributed by atoms with Crippen LogP contribution in [-0.2, 0) is 0 Å². The molecule has 106 valence electrons. The minimum atomic E-state index is -0.155. The molecule has 0 aromatic heterocycles. The van der Waals surface area contributed by atoms with Crippen LogP contribution in [-0.4, -0.2) is 13.2 Å². The first-order valence-corrected chi connectivity index (χ1v) is 6.73. The largest absolute Gasteiger partial charge is 0.497 e. The Hall–Kier alpha value is -2.00. The molecule has 0 bridgehead atoms. The summed E-state index contributed by atoms with van der Waals surface area (Å²) in [6.45, 7) is 4.04. The summed E-state index contributed by atoms with van der Waals surface area (Å²) in [5.41, 5.74) is 8.55. The van der Waals surface area contributed by atoms with E-state index >= 15 is 0 Å². The molecule has 0 saturated heterocycles. The second kappa shape index (κ2) is 6.44. The van der Waals surface area contributed by atoms with Gasteiger partial charge in [0.2, 0.25) is 0 Å². The number of aryl methyl sites for hydroxylation is 1. The SMILES string of the molecule is COc1ccc(OC(C)C(N)c2ccc(C)cc2)cc1. The van der Waals surface area contributed by atoms with E-state index in [1.165, 1.54) is 5.56 Å². The van der Waals surface area contributed by atoms with Crippen molar-refractivity contribution in [1.82, 2.24) is 0 Å². The molecule has 0 saturated carbocycles. The summed E-state index contributed by atoms with van der Waals surface area (Å²) >= 11 is 0. The number of methoxy groups -OCH3 is 1. The maximum Gasteiger partial charge on any atom is 0.120 e. The molecule has 2 N–H and O–H groups in total. The van der Waals surface area contributed by atoms with Crippen molar-refractivity contribution >= 4 is 0 Å². The predicted molar refractivity (Wildman–Crippen MR) is 81.2 cm³/mol. The van der Waals surface area contributed by atoms with E-state index in [9.17, 15) is 0 Å². The zero-order valence-corrected chi connectivity index (χ0v) is 12.2. The highest BCUT2D eigenvalue weighted by Crippen LogP contribution is 2.22. The maximum atomic E-state index is 6.24. The average molecular weight is 271 g/mol. The Morgan fingerprint density at radius 3 is 2.00 bits per heavy atom. The molecule has 2 atom stereocenters. The van der Waals surface area contributed by atoms with Crippen molar-refractivity contribution in [2.45, 2.75) is 26.0 Å². The number of nitrogens with two attached hydrogens (primary N) is 1. The molecule has 0 aliphatic rings. The molecule has 0 fully saturated rings. The van der Waals surface area contributed by atoms with E-state index in [-0.39, 0.29) is 12.1 Å². The van der Waals surface area contributed by atoms with Crippen molar-refractivity contribution in [1.29, 1.82) is 0 Å². The number of ether oxygens (including phenoxy) is 2. The molecule has 3 heteroatoms. The molecule has 0 heterocycles. The molecule has 2 aromatic rings. The first kappa shape index (κ1) is 14.4. The Kier molecular flexibility index (Phi) is 4.64. The van der Waals surface area contributed by atoms with E-state index in [0.717, 1.165) is 17.1 Å². The zero-order valence-electron chi connectivity index (χ0n) is 12.2. The Morgan fingerprint density at radius 2 is 1.45 bits per heavy atom. The third-order valence-electron chi connectivity index (χ3n) is 3.35. The first-order valence-electron chi connectivity index (χ1n) is 6.73. The van der Waals surface area contributed by atoms with Crippen molar-refractivity contribution in [3.05, 3.63) is 59.7 Å². The summed E-state index contributed by atoms with van der Waals surface area (Å²) in [6.07, 6.45) is -0.105. The minimum Gasteiger partial charge on any atom is -0.497 e. The van der Waals surface area contributed by atoms with Gasteiger partial charge in [0.1, 0.15) is 17.6 Å². The van der Waals surface area contributed by atoms with E-state index < -0.39 is 0 Å². The molecule has 0 spiro atoms. The Balaban J connectivity index is 2.02. The van der Waals surface area contributed by atoms with E-state index in [1.807, 2.05) is 43.3 Å². The van der Waals surface area contributed by atoms with Gasteiger partial charge in [0.15, 0.2) is 0 Å². The Morgan fingerprint density at radius 1 is 0.900 bits per heavy atom. The average Bonchev–Trinajstić information content (AvgIpc) is 2.48. The van der Waals surface area contributed by atoms with Gasteiger partial charge < -0.3 is 15.2 Å². The summed E-state index contributed by atoms with van der Waals surface area (Å²) in [5.74, 6) is 1.61.